The maximum Gasteiger partial charge on any atom is 0.329 e. The number of sulfonamides is 1. The zero-order valence-corrected chi connectivity index (χ0v) is 22.3. The lowest BCUT2D eigenvalue weighted by Crippen LogP contribution is -2.52. The summed E-state index contributed by atoms with van der Waals surface area (Å²) in [6, 6.07) is 19.2. The van der Waals surface area contributed by atoms with E-state index in [4.69, 9.17) is 4.74 Å². The van der Waals surface area contributed by atoms with Gasteiger partial charge in [0.25, 0.3) is 10.0 Å². The van der Waals surface area contributed by atoms with Crippen molar-refractivity contribution in [1.29, 1.82) is 0 Å². The Labute approximate surface area is 218 Å². The zero-order chi connectivity index (χ0) is 27.0. The molecule has 0 bridgehead atoms. The lowest BCUT2D eigenvalue weighted by atomic mass is 10.0. The first-order valence-electron chi connectivity index (χ1n) is 12.1. The van der Waals surface area contributed by atoms with Crippen molar-refractivity contribution in [3.8, 4) is 5.75 Å². The summed E-state index contributed by atoms with van der Waals surface area (Å²) < 4.78 is 33.2. The van der Waals surface area contributed by atoms with Crippen LogP contribution in [0.3, 0.4) is 0 Å². The average molecular weight is 524 g/mol. The van der Waals surface area contributed by atoms with Gasteiger partial charge in [0.1, 0.15) is 11.8 Å². The molecule has 0 aliphatic carbocycles. The minimum absolute atomic E-state index is 0.0292. The molecule has 37 heavy (non-hydrogen) atoms. The third-order valence-corrected chi connectivity index (χ3v) is 7.53. The number of methoxy groups -OCH3 is 1. The van der Waals surface area contributed by atoms with Gasteiger partial charge in [-0.25, -0.2) is 17.9 Å². The molecule has 2 N–H and O–H groups in total. The van der Waals surface area contributed by atoms with Crippen LogP contribution in [0.4, 0.5) is 10.5 Å². The van der Waals surface area contributed by atoms with E-state index in [1.807, 2.05) is 38.1 Å². The van der Waals surface area contributed by atoms with Gasteiger partial charge < -0.3 is 15.0 Å². The monoisotopic (exact) mass is 523 g/mol. The number of amides is 3. The highest BCUT2D eigenvalue weighted by atomic mass is 32.2. The number of carbonyl (C=O) groups excluding carboxylic acids is 2. The van der Waals surface area contributed by atoms with Crippen molar-refractivity contribution in [2.75, 3.05) is 19.1 Å². The van der Waals surface area contributed by atoms with E-state index < -0.39 is 28.0 Å². The van der Waals surface area contributed by atoms with E-state index in [9.17, 15) is 18.0 Å². The van der Waals surface area contributed by atoms with Gasteiger partial charge in [0.2, 0.25) is 5.91 Å². The maximum atomic E-state index is 13.5. The van der Waals surface area contributed by atoms with Crippen molar-refractivity contribution in [2.24, 2.45) is 0 Å². The van der Waals surface area contributed by atoms with Crippen molar-refractivity contribution < 1.29 is 22.7 Å². The number of hydrogen-bond donors (Lipinski definition) is 2. The largest absolute Gasteiger partial charge is 0.497 e. The molecule has 0 unspecified atom stereocenters. The Hall–Kier alpha value is -3.85. The Kier molecular flexibility index (Phi) is 9.30. The third kappa shape index (κ3) is 7.10. The summed E-state index contributed by atoms with van der Waals surface area (Å²) >= 11 is 0. The molecule has 0 radical (unpaired) electrons. The fourth-order valence-electron chi connectivity index (χ4n) is 4.00. The molecule has 8 nitrogen and oxygen atoms in total. The van der Waals surface area contributed by atoms with Crippen LogP contribution in [0.2, 0.25) is 0 Å². The molecule has 0 aromatic heterocycles. The van der Waals surface area contributed by atoms with Crippen molar-refractivity contribution in [3.05, 3.63) is 89.5 Å². The Bertz CT molecular complexity index is 1340. The van der Waals surface area contributed by atoms with Crippen molar-refractivity contribution in [1.82, 2.24) is 10.0 Å². The molecule has 0 fully saturated rings. The van der Waals surface area contributed by atoms with Crippen LogP contribution in [0.5, 0.6) is 5.75 Å². The van der Waals surface area contributed by atoms with Gasteiger partial charge in [-0.2, -0.15) is 0 Å². The Morgan fingerprint density at radius 1 is 0.919 bits per heavy atom. The smallest absolute Gasteiger partial charge is 0.329 e. The summed E-state index contributed by atoms with van der Waals surface area (Å²) in [5, 5.41) is 2.59. The summed E-state index contributed by atoms with van der Waals surface area (Å²) in [7, 11) is -0.978. The van der Waals surface area contributed by atoms with Crippen molar-refractivity contribution in [2.45, 2.75) is 44.0 Å². The summed E-state index contributed by atoms with van der Waals surface area (Å²) in [6.45, 7) is 3.87. The molecule has 0 heterocycles. The lowest BCUT2D eigenvalue weighted by Gasteiger charge is -2.25. The molecule has 9 heteroatoms. The molecular weight excluding hydrogens is 490 g/mol. The summed E-state index contributed by atoms with van der Waals surface area (Å²) in [5.41, 5.74) is 3.13. The van der Waals surface area contributed by atoms with Gasteiger partial charge in [0.15, 0.2) is 0 Å². The number of nitrogens with zero attached hydrogens (tertiary/aromatic N) is 1. The van der Waals surface area contributed by atoms with Crippen LogP contribution in [0, 0.1) is 0 Å². The van der Waals surface area contributed by atoms with Crippen LogP contribution in [-0.2, 0) is 34.1 Å². The van der Waals surface area contributed by atoms with Crippen LogP contribution < -0.4 is 19.7 Å². The molecular formula is C28H33N3O5S. The maximum absolute atomic E-state index is 13.5. The first kappa shape index (κ1) is 27.7. The minimum atomic E-state index is -4.14. The van der Waals surface area contributed by atoms with E-state index in [0.717, 1.165) is 17.5 Å². The van der Waals surface area contributed by atoms with Gasteiger partial charge in [0, 0.05) is 19.2 Å². The van der Waals surface area contributed by atoms with Gasteiger partial charge in [-0.1, -0.05) is 56.3 Å². The molecule has 196 valence electrons. The number of urea groups is 1. The predicted molar refractivity (Wildman–Crippen MR) is 144 cm³/mol. The van der Waals surface area contributed by atoms with E-state index in [1.54, 1.807) is 56.6 Å². The summed E-state index contributed by atoms with van der Waals surface area (Å²) in [6.07, 6.45) is 1.49. The van der Waals surface area contributed by atoms with E-state index in [2.05, 4.69) is 10.0 Å². The average Bonchev–Trinajstić information content (AvgIpc) is 2.91. The van der Waals surface area contributed by atoms with Crippen LogP contribution in [0.15, 0.2) is 77.7 Å². The molecule has 1 atom stereocenters. The fourth-order valence-corrected chi connectivity index (χ4v) is 5.23. The standard InChI is InChI=1S/C28H33N3O5S/c1-5-20-10-9-11-21(18-20)19-25(27(32)31(3)23-14-16-24(36-4)17-15-23)29-28(33)30-37(34,35)26-13-8-7-12-22(26)6-2/h7-18,25H,5-6,19H2,1-4H3,(H2,29,30,33)/t25-/m0/s1. The number of anilines is 1. The van der Waals surface area contributed by atoms with E-state index in [0.29, 0.717) is 23.4 Å². The number of aryl methyl sites for hydroxylation is 2. The Morgan fingerprint density at radius 2 is 1.59 bits per heavy atom. The van der Waals surface area contributed by atoms with Crippen molar-refractivity contribution in [3.63, 3.8) is 0 Å². The number of carbonyl (C=O) groups is 2. The molecule has 3 amide bonds. The van der Waals surface area contributed by atoms with E-state index in [1.165, 1.54) is 11.0 Å². The topological polar surface area (TPSA) is 105 Å². The lowest BCUT2D eigenvalue weighted by molar-refractivity contribution is -0.120. The Morgan fingerprint density at radius 3 is 2.24 bits per heavy atom. The number of benzene rings is 3. The highest BCUT2D eigenvalue weighted by Crippen LogP contribution is 2.20. The first-order chi connectivity index (χ1) is 17.7. The number of likely N-dealkylation sites (N-methyl/N-ethyl adjacent to an activating group) is 1. The second-order valence-electron chi connectivity index (χ2n) is 8.57. The quantitative estimate of drug-likeness (QED) is 0.417. The minimum Gasteiger partial charge on any atom is -0.497 e. The van der Waals surface area contributed by atoms with Gasteiger partial charge in [-0.3, -0.25) is 4.79 Å². The first-order valence-corrected chi connectivity index (χ1v) is 13.6. The van der Waals surface area contributed by atoms with Gasteiger partial charge in [0.05, 0.1) is 12.0 Å². The second-order valence-corrected chi connectivity index (χ2v) is 10.2. The number of rotatable bonds is 10. The van der Waals surface area contributed by atoms with Gasteiger partial charge in [-0.15, -0.1) is 0 Å². The highest BCUT2D eigenvalue weighted by molar-refractivity contribution is 7.90. The second kappa shape index (κ2) is 12.4. The zero-order valence-electron chi connectivity index (χ0n) is 21.5. The van der Waals surface area contributed by atoms with Gasteiger partial charge >= 0.3 is 6.03 Å². The molecule has 0 spiro atoms. The molecule has 0 aliphatic rings. The molecule has 0 aliphatic heterocycles. The summed E-state index contributed by atoms with van der Waals surface area (Å²) in [5.74, 6) is 0.251. The van der Waals surface area contributed by atoms with Crippen LogP contribution >= 0.6 is 0 Å². The molecule has 3 rings (SSSR count). The fraction of sp³-hybridized carbons (Fsp3) is 0.286. The molecule has 3 aromatic rings. The molecule has 0 saturated carbocycles. The Balaban J connectivity index is 1.86. The van der Waals surface area contributed by atoms with E-state index >= 15 is 0 Å². The van der Waals surface area contributed by atoms with Crippen LogP contribution in [-0.4, -0.2) is 40.6 Å². The summed E-state index contributed by atoms with van der Waals surface area (Å²) in [4.78, 5) is 27.9. The van der Waals surface area contributed by atoms with Crippen LogP contribution in [0.1, 0.15) is 30.5 Å². The SMILES string of the molecule is CCc1cccc(C[C@H](NC(=O)NS(=O)(=O)c2ccccc2CC)C(=O)N(C)c2ccc(OC)cc2)c1. The highest BCUT2D eigenvalue weighted by Gasteiger charge is 2.28. The third-order valence-electron chi connectivity index (χ3n) is 6.10. The molecule has 0 saturated heterocycles. The van der Waals surface area contributed by atoms with Gasteiger partial charge in [-0.05, 0) is 59.9 Å². The predicted octanol–water partition coefficient (Wildman–Crippen LogP) is 4.08. The number of ether oxygens (including phenoxy) is 1. The number of nitrogens with one attached hydrogen (secondary N) is 2. The molecule has 3 aromatic carbocycles. The van der Waals surface area contributed by atoms with Crippen molar-refractivity contribution >= 4 is 27.6 Å². The normalized spacial score (nSPS) is 11.9. The number of hydrogen-bond acceptors (Lipinski definition) is 5. The van der Waals surface area contributed by atoms with Crippen LogP contribution in [0.25, 0.3) is 0 Å². The van der Waals surface area contributed by atoms with E-state index in [-0.39, 0.29) is 11.3 Å².